The molecule has 0 saturated heterocycles. The molecule has 184 valence electrons. The zero-order valence-corrected chi connectivity index (χ0v) is 21.2. The van der Waals surface area contributed by atoms with Crippen LogP contribution in [-0.2, 0) is 11.3 Å². The van der Waals surface area contributed by atoms with Crippen LogP contribution in [0.1, 0.15) is 27.9 Å². The van der Waals surface area contributed by atoms with Crippen LogP contribution in [0.15, 0.2) is 36.5 Å². The smallest absolute Gasteiger partial charge is 0.351 e. The molecule has 4 aromatic rings. The lowest BCUT2D eigenvalue weighted by Crippen LogP contribution is -2.12. The van der Waals surface area contributed by atoms with Gasteiger partial charge in [-0.3, -0.25) is 4.98 Å². The molecule has 1 N–H and O–H groups in total. The van der Waals surface area contributed by atoms with Gasteiger partial charge < -0.3 is 24.1 Å². The third-order valence-electron chi connectivity index (χ3n) is 5.77. The van der Waals surface area contributed by atoms with Crippen molar-refractivity contribution in [1.82, 2.24) is 9.55 Å². The number of ether oxygens (including phenoxy) is 3. The minimum absolute atomic E-state index is 0.277. The van der Waals surface area contributed by atoms with Gasteiger partial charge in [0.2, 0.25) is 0 Å². The van der Waals surface area contributed by atoms with Crippen LogP contribution in [0.3, 0.4) is 0 Å². The van der Waals surface area contributed by atoms with E-state index in [-0.39, 0.29) is 5.82 Å². The number of halogens is 1. The summed E-state index contributed by atoms with van der Waals surface area (Å²) in [6.45, 7) is 7.38. The Morgan fingerprint density at radius 3 is 2.69 bits per heavy atom. The first-order valence-electron chi connectivity index (χ1n) is 11.3. The number of thiophene rings is 1. The molecule has 0 amide bonds. The van der Waals surface area contributed by atoms with E-state index in [1.165, 1.54) is 24.5 Å². The number of aromatic nitrogens is 2. The monoisotopic (exact) mass is 497 g/mol. The predicted octanol–water partition coefficient (Wildman–Crippen LogP) is 5.83. The SMILES string of the molecule is CCOc1cc(-c2cc(NCCn3c(C)cc4c(OC)ccc(F)c43)c(C)cn2)sc1C(=O)OC. The van der Waals surface area contributed by atoms with E-state index < -0.39 is 5.97 Å². The Balaban J connectivity index is 1.57. The Kier molecular flexibility index (Phi) is 7.25. The number of esters is 1. The first kappa shape index (κ1) is 24.5. The van der Waals surface area contributed by atoms with Gasteiger partial charge in [-0.25, -0.2) is 9.18 Å². The number of methoxy groups -OCH3 is 2. The van der Waals surface area contributed by atoms with Crippen LogP contribution in [0.5, 0.6) is 11.5 Å². The summed E-state index contributed by atoms with van der Waals surface area (Å²) in [6, 6.07) is 8.78. The van der Waals surface area contributed by atoms with E-state index in [9.17, 15) is 9.18 Å². The summed E-state index contributed by atoms with van der Waals surface area (Å²) in [7, 11) is 2.94. The number of rotatable bonds is 9. The third kappa shape index (κ3) is 4.81. The average Bonchev–Trinajstić information content (AvgIpc) is 3.42. The molecule has 0 aliphatic carbocycles. The number of pyridine rings is 1. The van der Waals surface area contributed by atoms with Gasteiger partial charge >= 0.3 is 5.97 Å². The second kappa shape index (κ2) is 10.4. The Hall–Kier alpha value is -3.59. The number of nitrogens with one attached hydrogen (secondary N) is 1. The van der Waals surface area contributed by atoms with Crippen molar-refractivity contribution in [3.05, 3.63) is 58.5 Å². The molecular formula is C26H28FN3O4S. The number of benzene rings is 1. The van der Waals surface area contributed by atoms with Crippen molar-refractivity contribution >= 4 is 33.9 Å². The van der Waals surface area contributed by atoms with Gasteiger partial charge in [-0.1, -0.05) is 0 Å². The van der Waals surface area contributed by atoms with Gasteiger partial charge in [-0.2, -0.15) is 0 Å². The molecule has 4 rings (SSSR count). The van der Waals surface area contributed by atoms with E-state index in [0.717, 1.165) is 32.9 Å². The van der Waals surface area contributed by atoms with Gasteiger partial charge in [0.15, 0.2) is 4.88 Å². The maximum atomic E-state index is 14.7. The van der Waals surface area contributed by atoms with Crippen molar-refractivity contribution in [3.8, 4) is 22.1 Å². The number of hydrogen-bond acceptors (Lipinski definition) is 7. The second-order valence-corrected chi connectivity index (χ2v) is 9.04. The Labute approximate surface area is 207 Å². The van der Waals surface area contributed by atoms with Gasteiger partial charge in [0.05, 0.1) is 36.9 Å². The van der Waals surface area contributed by atoms with Crippen molar-refractivity contribution < 1.29 is 23.4 Å². The highest BCUT2D eigenvalue weighted by atomic mass is 32.1. The highest BCUT2D eigenvalue weighted by Gasteiger charge is 2.20. The van der Waals surface area contributed by atoms with E-state index in [2.05, 4.69) is 10.3 Å². The number of anilines is 1. The van der Waals surface area contributed by atoms with Gasteiger partial charge in [0.1, 0.15) is 17.3 Å². The summed E-state index contributed by atoms with van der Waals surface area (Å²) < 4.78 is 32.5. The number of carbonyl (C=O) groups is 1. The Morgan fingerprint density at radius 1 is 1.17 bits per heavy atom. The molecule has 0 fully saturated rings. The fourth-order valence-electron chi connectivity index (χ4n) is 4.06. The molecule has 0 bridgehead atoms. The molecule has 35 heavy (non-hydrogen) atoms. The maximum absolute atomic E-state index is 14.7. The fourth-order valence-corrected chi connectivity index (χ4v) is 5.04. The lowest BCUT2D eigenvalue weighted by Gasteiger charge is -2.13. The highest BCUT2D eigenvalue weighted by Crippen LogP contribution is 2.37. The van der Waals surface area contributed by atoms with Crippen molar-refractivity contribution in [2.75, 3.05) is 32.7 Å². The molecule has 1 aromatic carbocycles. The molecule has 0 unspecified atom stereocenters. The summed E-state index contributed by atoms with van der Waals surface area (Å²) in [5.74, 6) is 0.428. The van der Waals surface area contributed by atoms with Crippen LogP contribution in [0.4, 0.5) is 10.1 Å². The van der Waals surface area contributed by atoms with E-state index in [1.54, 1.807) is 19.4 Å². The van der Waals surface area contributed by atoms with E-state index in [1.807, 2.05) is 43.5 Å². The lowest BCUT2D eigenvalue weighted by molar-refractivity contribution is 0.0602. The molecule has 0 aliphatic heterocycles. The van der Waals surface area contributed by atoms with Gasteiger partial charge in [-0.05, 0) is 50.6 Å². The van der Waals surface area contributed by atoms with Crippen molar-refractivity contribution in [3.63, 3.8) is 0 Å². The van der Waals surface area contributed by atoms with E-state index in [4.69, 9.17) is 14.2 Å². The van der Waals surface area contributed by atoms with Crippen LogP contribution in [0, 0.1) is 19.7 Å². The minimum Gasteiger partial charge on any atom is -0.496 e. The Morgan fingerprint density at radius 2 is 1.97 bits per heavy atom. The highest BCUT2D eigenvalue weighted by molar-refractivity contribution is 7.17. The minimum atomic E-state index is -0.437. The summed E-state index contributed by atoms with van der Waals surface area (Å²) >= 11 is 1.28. The molecule has 3 heterocycles. The zero-order chi connectivity index (χ0) is 25.1. The second-order valence-electron chi connectivity index (χ2n) is 7.99. The van der Waals surface area contributed by atoms with Crippen molar-refractivity contribution in [2.45, 2.75) is 27.3 Å². The number of carbonyl (C=O) groups excluding carboxylic acids is 1. The maximum Gasteiger partial charge on any atom is 0.351 e. The lowest BCUT2D eigenvalue weighted by atomic mass is 10.2. The van der Waals surface area contributed by atoms with Gasteiger partial charge in [0, 0.05) is 42.1 Å². The van der Waals surface area contributed by atoms with Crippen LogP contribution in [0.25, 0.3) is 21.5 Å². The zero-order valence-electron chi connectivity index (χ0n) is 20.4. The van der Waals surface area contributed by atoms with Gasteiger partial charge in [-0.15, -0.1) is 11.3 Å². The largest absolute Gasteiger partial charge is 0.496 e. The van der Waals surface area contributed by atoms with Crippen LogP contribution in [-0.4, -0.2) is 42.9 Å². The molecule has 9 heteroatoms. The first-order valence-corrected chi connectivity index (χ1v) is 12.1. The molecule has 3 aromatic heterocycles. The normalized spacial score (nSPS) is 11.0. The fraction of sp³-hybridized carbons (Fsp3) is 0.308. The quantitative estimate of drug-likeness (QED) is 0.294. The number of hydrogen-bond donors (Lipinski definition) is 1. The average molecular weight is 498 g/mol. The first-order chi connectivity index (χ1) is 16.9. The van der Waals surface area contributed by atoms with Crippen LogP contribution >= 0.6 is 11.3 Å². The van der Waals surface area contributed by atoms with E-state index >= 15 is 0 Å². The van der Waals surface area contributed by atoms with Crippen LogP contribution < -0.4 is 14.8 Å². The van der Waals surface area contributed by atoms with Crippen molar-refractivity contribution in [2.24, 2.45) is 0 Å². The van der Waals surface area contributed by atoms with E-state index in [0.29, 0.717) is 41.6 Å². The third-order valence-corrected chi connectivity index (χ3v) is 6.89. The Bertz CT molecular complexity index is 1380. The standard InChI is InChI=1S/C26H28FN3O4S/c1-6-34-22-13-23(35-25(22)26(31)33-5)20-12-19(15(2)14-29-20)28-9-10-30-16(3)11-17-21(32-4)8-7-18(27)24(17)30/h7-8,11-14H,6,9-10H2,1-5H3,(H,28,29). The molecule has 0 atom stereocenters. The van der Waals surface area contributed by atoms with Gasteiger partial charge in [0.25, 0.3) is 0 Å². The summed E-state index contributed by atoms with van der Waals surface area (Å²) in [4.78, 5) is 17.9. The number of fused-ring (bicyclic) bond motifs is 1. The number of aryl methyl sites for hydroxylation is 2. The molecule has 0 radical (unpaired) electrons. The van der Waals surface area contributed by atoms with Crippen molar-refractivity contribution in [1.29, 1.82) is 0 Å². The number of nitrogens with zero attached hydrogens (tertiary/aromatic N) is 2. The molecule has 0 aliphatic rings. The summed E-state index contributed by atoms with van der Waals surface area (Å²) in [6.07, 6.45) is 1.79. The molecular weight excluding hydrogens is 469 g/mol. The summed E-state index contributed by atoms with van der Waals surface area (Å²) in [5, 5.41) is 4.21. The molecule has 0 spiro atoms. The molecule has 7 nitrogen and oxygen atoms in total. The van der Waals surface area contributed by atoms with Crippen LogP contribution in [0.2, 0.25) is 0 Å². The topological polar surface area (TPSA) is 74.6 Å². The predicted molar refractivity (Wildman–Crippen MR) is 136 cm³/mol. The summed E-state index contributed by atoms with van der Waals surface area (Å²) in [5.41, 5.74) is 4.10. The molecule has 0 saturated carbocycles.